The molecule has 84 valence electrons. The predicted molar refractivity (Wildman–Crippen MR) is 66.1 cm³/mol. The van der Waals surface area contributed by atoms with E-state index >= 15 is 0 Å². The van der Waals surface area contributed by atoms with Crippen LogP contribution in [0.5, 0.6) is 0 Å². The molecule has 4 heteroatoms. The van der Waals surface area contributed by atoms with Gasteiger partial charge in [0.25, 0.3) is 0 Å². The summed E-state index contributed by atoms with van der Waals surface area (Å²) in [6, 6.07) is 0. The van der Waals surface area contributed by atoms with E-state index in [9.17, 15) is 0 Å². The van der Waals surface area contributed by atoms with Crippen molar-refractivity contribution in [1.29, 1.82) is 0 Å². The van der Waals surface area contributed by atoms with Crippen molar-refractivity contribution in [3.63, 3.8) is 0 Å². The molecule has 1 heterocycles. The molecule has 1 aromatic rings. The first-order chi connectivity index (χ1) is 7.83. The van der Waals surface area contributed by atoms with Gasteiger partial charge in [0, 0.05) is 25.7 Å². The molecule has 0 saturated heterocycles. The summed E-state index contributed by atoms with van der Waals surface area (Å²) in [5, 5.41) is 3.01. The van der Waals surface area contributed by atoms with E-state index in [0.29, 0.717) is 5.92 Å². The summed E-state index contributed by atoms with van der Waals surface area (Å²) >= 11 is 0. The summed E-state index contributed by atoms with van der Waals surface area (Å²) in [5.41, 5.74) is 2.10. The highest BCUT2D eigenvalue weighted by Crippen LogP contribution is 2.24. The summed E-state index contributed by atoms with van der Waals surface area (Å²) in [7, 11) is 3.70. The normalized spacial score (nSPS) is 22.4. The molecule has 1 unspecified atom stereocenters. The van der Waals surface area contributed by atoms with Crippen molar-refractivity contribution in [2.24, 2.45) is 4.99 Å². The second kappa shape index (κ2) is 4.88. The fourth-order valence-corrected chi connectivity index (χ4v) is 1.77. The zero-order valence-corrected chi connectivity index (χ0v) is 9.64. The number of anilines is 1. The molecule has 1 N–H and O–H groups in total. The molecule has 16 heavy (non-hydrogen) atoms. The highest BCUT2D eigenvalue weighted by molar-refractivity contribution is 5.95. The number of hydrogen-bond acceptors (Lipinski definition) is 4. The lowest BCUT2D eigenvalue weighted by Crippen LogP contribution is -2.09. The van der Waals surface area contributed by atoms with Crippen molar-refractivity contribution < 1.29 is 0 Å². The topological polar surface area (TPSA) is 50.2 Å². The van der Waals surface area contributed by atoms with Gasteiger partial charge in [-0.3, -0.25) is 4.99 Å². The maximum Gasteiger partial charge on any atom is 0.135 e. The molecule has 0 amide bonds. The van der Waals surface area contributed by atoms with Crippen LogP contribution in [0.4, 0.5) is 5.69 Å². The van der Waals surface area contributed by atoms with Gasteiger partial charge in [0.2, 0.25) is 0 Å². The summed E-state index contributed by atoms with van der Waals surface area (Å²) in [6.45, 7) is 0. The Morgan fingerprint density at radius 3 is 2.62 bits per heavy atom. The SMILES string of the molecule is CN=C1C=CC(c2ncc(NC)cn2)CC1. The van der Waals surface area contributed by atoms with Crippen LogP contribution >= 0.6 is 0 Å². The summed E-state index contributed by atoms with van der Waals surface area (Å²) < 4.78 is 0. The molecule has 0 aliphatic heterocycles. The molecule has 1 atom stereocenters. The molecule has 0 radical (unpaired) electrons. The van der Waals surface area contributed by atoms with Gasteiger partial charge in [-0.2, -0.15) is 0 Å². The third-order valence-electron chi connectivity index (χ3n) is 2.81. The van der Waals surface area contributed by atoms with Crippen LogP contribution in [-0.4, -0.2) is 29.8 Å². The number of hydrogen-bond donors (Lipinski definition) is 1. The summed E-state index contributed by atoms with van der Waals surface area (Å²) in [6.07, 6.45) is 9.90. The van der Waals surface area contributed by atoms with Gasteiger partial charge in [-0.05, 0) is 18.9 Å². The molecule has 2 rings (SSSR count). The average Bonchev–Trinajstić information content (AvgIpc) is 2.39. The third-order valence-corrected chi connectivity index (χ3v) is 2.81. The maximum atomic E-state index is 4.36. The molecular weight excluding hydrogens is 200 g/mol. The van der Waals surface area contributed by atoms with E-state index < -0.39 is 0 Å². The van der Waals surface area contributed by atoms with Gasteiger partial charge in [-0.15, -0.1) is 0 Å². The Hall–Kier alpha value is -1.71. The molecule has 1 aliphatic rings. The minimum absolute atomic E-state index is 0.330. The standard InChI is InChI=1S/C12H16N4/c1-13-10-5-3-9(4-6-10)12-15-7-11(14-2)8-16-12/h3,5,7-9,14H,4,6H2,1-2H3. The number of aliphatic imine (C=N–C) groups is 1. The van der Waals surface area contributed by atoms with Crippen LogP contribution in [0.2, 0.25) is 0 Å². The number of nitrogens with zero attached hydrogens (tertiary/aromatic N) is 3. The first-order valence-corrected chi connectivity index (χ1v) is 5.47. The third kappa shape index (κ3) is 2.27. The molecule has 1 aliphatic carbocycles. The van der Waals surface area contributed by atoms with E-state index in [1.807, 2.05) is 26.5 Å². The average molecular weight is 216 g/mol. The minimum Gasteiger partial charge on any atom is -0.386 e. The Balaban J connectivity index is 2.13. The first kappa shape index (κ1) is 10.8. The van der Waals surface area contributed by atoms with Gasteiger partial charge in [-0.25, -0.2) is 9.97 Å². The molecule has 0 aromatic carbocycles. The second-order valence-electron chi connectivity index (χ2n) is 3.80. The Labute approximate surface area is 95.5 Å². The van der Waals surface area contributed by atoms with E-state index in [2.05, 4.69) is 32.4 Å². The van der Waals surface area contributed by atoms with Crippen LogP contribution in [0.3, 0.4) is 0 Å². The highest BCUT2D eigenvalue weighted by atomic mass is 14.9. The van der Waals surface area contributed by atoms with Crippen molar-refractivity contribution in [3.8, 4) is 0 Å². The van der Waals surface area contributed by atoms with Gasteiger partial charge in [0.15, 0.2) is 0 Å². The fraction of sp³-hybridized carbons (Fsp3) is 0.417. The fourth-order valence-electron chi connectivity index (χ4n) is 1.77. The van der Waals surface area contributed by atoms with Crippen molar-refractivity contribution in [3.05, 3.63) is 30.4 Å². The van der Waals surface area contributed by atoms with Gasteiger partial charge < -0.3 is 5.32 Å². The summed E-state index contributed by atoms with van der Waals surface area (Å²) in [5.74, 6) is 1.22. The molecule has 0 saturated carbocycles. The van der Waals surface area contributed by atoms with Crippen molar-refractivity contribution in [2.45, 2.75) is 18.8 Å². The Kier molecular flexibility index (Phi) is 3.29. The van der Waals surface area contributed by atoms with Crippen molar-refractivity contribution >= 4 is 11.4 Å². The van der Waals surface area contributed by atoms with E-state index in [4.69, 9.17) is 0 Å². The van der Waals surface area contributed by atoms with Gasteiger partial charge in [0.05, 0.1) is 18.1 Å². The van der Waals surface area contributed by atoms with E-state index in [1.54, 1.807) is 0 Å². The first-order valence-electron chi connectivity index (χ1n) is 5.47. The van der Waals surface area contributed by atoms with Crippen LogP contribution in [0.1, 0.15) is 24.6 Å². The molecule has 0 bridgehead atoms. The van der Waals surface area contributed by atoms with Crippen LogP contribution in [0.15, 0.2) is 29.5 Å². The van der Waals surface area contributed by atoms with Gasteiger partial charge >= 0.3 is 0 Å². The lowest BCUT2D eigenvalue weighted by atomic mass is 9.94. The maximum absolute atomic E-state index is 4.36. The van der Waals surface area contributed by atoms with Crippen LogP contribution in [0.25, 0.3) is 0 Å². The number of nitrogens with one attached hydrogen (secondary N) is 1. The van der Waals surface area contributed by atoms with E-state index in [-0.39, 0.29) is 0 Å². The molecule has 0 spiro atoms. The Bertz CT molecular complexity index is 406. The lowest BCUT2D eigenvalue weighted by Gasteiger charge is -2.16. The monoisotopic (exact) mass is 216 g/mol. The van der Waals surface area contributed by atoms with E-state index in [0.717, 1.165) is 30.1 Å². The zero-order valence-electron chi connectivity index (χ0n) is 9.64. The quantitative estimate of drug-likeness (QED) is 0.822. The van der Waals surface area contributed by atoms with E-state index in [1.165, 1.54) is 0 Å². The van der Waals surface area contributed by atoms with Gasteiger partial charge in [-0.1, -0.05) is 6.08 Å². The van der Waals surface area contributed by atoms with Crippen LogP contribution in [0, 0.1) is 0 Å². The number of allylic oxidation sites excluding steroid dienone is 2. The summed E-state index contributed by atoms with van der Waals surface area (Å²) in [4.78, 5) is 12.9. The zero-order chi connectivity index (χ0) is 11.4. The van der Waals surface area contributed by atoms with Gasteiger partial charge in [0.1, 0.15) is 5.82 Å². The Morgan fingerprint density at radius 1 is 1.38 bits per heavy atom. The second-order valence-corrected chi connectivity index (χ2v) is 3.80. The highest BCUT2D eigenvalue weighted by Gasteiger charge is 2.15. The van der Waals surface area contributed by atoms with Crippen LogP contribution in [-0.2, 0) is 0 Å². The molecule has 0 fully saturated rings. The Morgan fingerprint density at radius 2 is 2.12 bits per heavy atom. The largest absolute Gasteiger partial charge is 0.386 e. The smallest absolute Gasteiger partial charge is 0.135 e. The molecule has 1 aromatic heterocycles. The van der Waals surface area contributed by atoms with Crippen molar-refractivity contribution in [1.82, 2.24) is 9.97 Å². The van der Waals surface area contributed by atoms with Crippen molar-refractivity contribution in [2.75, 3.05) is 19.4 Å². The minimum atomic E-state index is 0.330. The lowest BCUT2D eigenvalue weighted by molar-refractivity contribution is 0.702. The predicted octanol–water partition coefficient (Wildman–Crippen LogP) is 2.02. The van der Waals surface area contributed by atoms with Crippen LogP contribution < -0.4 is 5.32 Å². The molecular formula is C12H16N4. The number of aromatic nitrogens is 2. The molecule has 4 nitrogen and oxygen atoms in total. The number of rotatable bonds is 2.